The van der Waals surface area contributed by atoms with E-state index in [0.717, 1.165) is 32.7 Å². The standard InChI is InChI=1S/C17H22N4O6S2.C11H11N3O3S.C6H11NO3S/c1-12(22)19-14(16(23)27-3)9-28-15(21-17(24)20(2)11-18-21)10-29(25,26)13-7-5-4-6-8-13;1-13-9-12-14(11(13)15)7-8-18(16,17)10-5-3-2-4-6-10;1-4(8)7-5(3-11)6(9)10-2/h4-8,11,14-15H,9-10H2,1-3H3,(H,19,22);2-9H,1H3;5,11H,3H2,1-2H3,(H,7,8)/b;8-7+;/t14-,15?;;5-/m0.0/s1. The second kappa shape index (κ2) is 23.1. The topological polar surface area (TPSA) is 259 Å². The number of carbonyl (C=O) groups is 4. The molecular formula is C34H44N8O12S4. The molecule has 0 radical (unpaired) electrons. The number of methoxy groups -OCH3 is 2. The van der Waals surface area contributed by atoms with E-state index in [1.807, 2.05) is 0 Å². The molecule has 2 aromatic carbocycles. The number of ether oxygens (including phenoxy) is 2. The summed E-state index contributed by atoms with van der Waals surface area (Å²) in [6.07, 6.45) is 3.71. The third-order valence-corrected chi connectivity index (χ3v) is 12.3. The highest BCUT2D eigenvalue weighted by Gasteiger charge is 2.29. The molecule has 20 nitrogen and oxygen atoms in total. The molecule has 4 rings (SSSR count). The molecule has 0 saturated carbocycles. The SMILES string of the molecule is COC(=O)[C@H](CS)NC(C)=O.COC(=O)[C@H](CSC(CS(=O)(=O)c1ccccc1)n1ncn(C)c1=O)NC(C)=O.Cn1cnn(/C=C/S(=O)(=O)c2ccccc2)c1=O. The molecule has 0 saturated heterocycles. The summed E-state index contributed by atoms with van der Waals surface area (Å²) in [6, 6.07) is 14.2. The van der Waals surface area contributed by atoms with E-state index in [9.17, 15) is 45.6 Å². The highest BCUT2D eigenvalue weighted by Crippen LogP contribution is 2.26. The van der Waals surface area contributed by atoms with Crippen molar-refractivity contribution < 1.29 is 45.5 Å². The Morgan fingerprint density at radius 1 is 0.776 bits per heavy atom. The summed E-state index contributed by atoms with van der Waals surface area (Å²) in [5, 5.41) is 12.6. The normalized spacial score (nSPS) is 12.7. The van der Waals surface area contributed by atoms with Gasteiger partial charge < -0.3 is 20.1 Å². The lowest BCUT2D eigenvalue weighted by molar-refractivity contribution is -0.144. The Bertz CT molecular complexity index is 2360. The van der Waals surface area contributed by atoms with Crippen molar-refractivity contribution in [3.63, 3.8) is 0 Å². The molecule has 0 aliphatic rings. The monoisotopic (exact) mass is 884 g/mol. The van der Waals surface area contributed by atoms with E-state index in [-0.39, 0.29) is 27.2 Å². The van der Waals surface area contributed by atoms with E-state index >= 15 is 0 Å². The Morgan fingerprint density at radius 3 is 1.71 bits per heavy atom. The van der Waals surface area contributed by atoms with Crippen molar-refractivity contribution in [3.8, 4) is 0 Å². The van der Waals surface area contributed by atoms with Gasteiger partial charge in [-0.05, 0) is 24.3 Å². The molecule has 0 fully saturated rings. The Balaban J connectivity index is 0.000000339. The zero-order chi connectivity index (χ0) is 43.6. The van der Waals surface area contributed by atoms with Crippen molar-refractivity contribution in [2.75, 3.05) is 31.5 Å². The molecule has 24 heteroatoms. The predicted molar refractivity (Wildman–Crippen MR) is 217 cm³/mol. The Labute approximate surface area is 343 Å². The van der Waals surface area contributed by atoms with Crippen molar-refractivity contribution in [2.24, 2.45) is 14.1 Å². The number of nitrogens with zero attached hydrogens (tertiary/aromatic N) is 6. The van der Waals surface area contributed by atoms with Crippen LogP contribution in [0.1, 0.15) is 19.2 Å². The van der Waals surface area contributed by atoms with Crippen LogP contribution in [0.3, 0.4) is 0 Å². The van der Waals surface area contributed by atoms with E-state index in [1.165, 1.54) is 88.2 Å². The minimum atomic E-state index is -3.75. The number of carbonyl (C=O) groups excluding carboxylic acids is 4. The van der Waals surface area contributed by atoms with Gasteiger partial charge in [0.1, 0.15) is 30.1 Å². The van der Waals surface area contributed by atoms with Gasteiger partial charge in [0.2, 0.25) is 21.7 Å². The summed E-state index contributed by atoms with van der Waals surface area (Å²) in [4.78, 5) is 68.6. The van der Waals surface area contributed by atoms with Crippen LogP contribution in [-0.4, -0.2) is 113 Å². The summed E-state index contributed by atoms with van der Waals surface area (Å²) < 4.78 is 63.0. The summed E-state index contributed by atoms with van der Waals surface area (Å²) in [7, 11) is -1.83. The first-order valence-electron chi connectivity index (χ1n) is 16.7. The minimum absolute atomic E-state index is 0.00968. The second-order valence-corrected chi connectivity index (χ2v) is 17.1. The quantitative estimate of drug-likeness (QED) is 0.105. The molecular weight excluding hydrogens is 841 g/mol. The van der Waals surface area contributed by atoms with Gasteiger partial charge in [0, 0.05) is 45.6 Å². The van der Waals surface area contributed by atoms with Crippen molar-refractivity contribution in [1.29, 1.82) is 0 Å². The van der Waals surface area contributed by atoms with Gasteiger partial charge in [-0.3, -0.25) is 18.7 Å². The van der Waals surface area contributed by atoms with Crippen LogP contribution in [0.4, 0.5) is 0 Å². The fourth-order valence-corrected chi connectivity index (χ4v) is 8.68. The fourth-order valence-electron chi connectivity index (χ4n) is 4.34. The molecule has 2 N–H and O–H groups in total. The summed E-state index contributed by atoms with van der Waals surface area (Å²) in [5.74, 6) is -2.05. The third-order valence-electron chi connectivity index (χ3n) is 7.25. The molecule has 0 aliphatic carbocycles. The Hall–Kier alpha value is -5.46. The van der Waals surface area contributed by atoms with Crippen molar-refractivity contribution in [1.82, 2.24) is 39.3 Å². The lowest BCUT2D eigenvalue weighted by atomic mass is 10.3. The van der Waals surface area contributed by atoms with Gasteiger partial charge in [-0.15, -0.1) is 11.8 Å². The Kier molecular flexibility index (Phi) is 19.4. The maximum absolute atomic E-state index is 12.8. The first kappa shape index (κ1) is 48.7. The van der Waals surface area contributed by atoms with E-state index in [2.05, 4.69) is 42.9 Å². The molecule has 2 aromatic heterocycles. The number of hydrogen-bond acceptors (Lipinski definition) is 16. The molecule has 0 bridgehead atoms. The fraction of sp³-hybridized carbons (Fsp3) is 0.353. The average Bonchev–Trinajstić information content (AvgIpc) is 3.71. The smallest absolute Gasteiger partial charge is 0.349 e. The first-order chi connectivity index (χ1) is 27.3. The molecule has 58 heavy (non-hydrogen) atoms. The largest absolute Gasteiger partial charge is 0.467 e. The number of nitrogens with one attached hydrogen (secondary N) is 2. The molecule has 2 heterocycles. The number of sulfone groups is 2. The van der Waals surface area contributed by atoms with Crippen LogP contribution in [0.5, 0.6) is 0 Å². The lowest BCUT2D eigenvalue weighted by Crippen LogP contribution is -2.43. The average molecular weight is 885 g/mol. The van der Waals surface area contributed by atoms with Gasteiger partial charge in [-0.1, -0.05) is 36.4 Å². The number of esters is 2. The van der Waals surface area contributed by atoms with E-state index in [0.29, 0.717) is 0 Å². The van der Waals surface area contributed by atoms with Gasteiger partial charge in [0.05, 0.1) is 35.2 Å². The number of rotatable bonds is 15. The molecule has 0 aliphatic heterocycles. The van der Waals surface area contributed by atoms with E-state index < -0.39 is 72.1 Å². The number of hydrogen-bond donors (Lipinski definition) is 3. The number of thiol groups is 1. The van der Waals surface area contributed by atoms with Crippen LogP contribution >= 0.6 is 24.4 Å². The van der Waals surface area contributed by atoms with Gasteiger partial charge in [-0.25, -0.2) is 36.0 Å². The third kappa shape index (κ3) is 15.1. The zero-order valence-electron chi connectivity index (χ0n) is 32.2. The van der Waals surface area contributed by atoms with E-state index in [4.69, 9.17) is 0 Å². The van der Waals surface area contributed by atoms with E-state index in [1.54, 1.807) is 36.4 Å². The maximum atomic E-state index is 12.8. The Morgan fingerprint density at radius 2 is 1.26 bits per heavy atom. The molecule has 1 unspecified atom stereocenters. The summed E-state index contributed by atoms with van der Waals surface area (Å²) >= 11 is 4.88. The van der Waals surface area contributed by atoms with Gasteiger partial charge in [0.25, 0.3) is 0 Å². The van der Waals surface area contributed by atoms with Crippen molar-refractivity contribution in [3.05, 3.63) is 99.7 Å². The van der Waals surface area contributed by atoms with Crippen LogP contribution in [0.25, 0.3) is 6.20 Å². The molecule has 316 valence electrons. The minimum Gasteiger partial charge on any atom is -0.467 e. The van der Waals surface area contributed by atoms with Crippen LogP contribution in [0, 0.1) is 0 Å². The summed E-state index contributed by atoms with van der Waals surface area (Å²) in [6.45, 7) is 2.58. The first-order valence-corrected chi connectivity index (χ1v) is 21.5. The number of benzene rings is 2. The summed E-state index contributed by atoms with van der Waals surface area (Å²) in [5.41, 5.74) is -0.908. The molecule has 3 atom stereocenters. The highest BCUT2D eigenvalue weighted by molar-refractivity contribution is 8.00. The van der Waals surface area contributed by atoms with Gasteiger partial charge in [-0.2, -0.15) is 32.2 Å². The molecule has 0 spiro atoms. The number of amides is 2. The van der Waals surface area contributed by atoms with Crippen LogP contribution < -0.4 is 22.0 Å². The van der Waals surface area contributed by atoms with Crippen molar-refractivity contribution in [2.45, 2.75) is 41.1 Å². The van der Waals surface area contributed by atoms with Crippen LogP contribution in [0.2, 0.25) is 0 Å². The molecule has 4 aromatic rings. The highest BCUT2D eigenvalue weighted by atomic mass is 32.2. The second-order valence-electron chi connectivity index (χ2n) is 11.7. The van der Waals surface area contributed by atoms with Gasteiger partial charge >= 0.3 is 23.3 Å². The number of aryl methyl sites for hydroxylation is 2. The molecule has 2 amide bonds. The number of aromatic nitrogens is 6. The van der Waals surface area contributed by atoms with Gasteiger partial charge in [0.15, 0.2) is 9.84 Å². The predicted octanol–water partition coefficient (Wildman–Crippen LogP) is 0.0430. The van der Waals surface area contributed by atoms with Crippen LogP contribution in [-0.2, 0) is 62.4 Å². The van der Waals surface area contributed by atoms with Crippen LogP contribution in [0.15, 0.2) is 98.1 Å². The van der Waals surface area contributed by atoms with Crippen molar-refractivity contribution >= 4 is 74.0 Å². The maximum Gasteiger partial charge on any atom is 0.349 e. The lowest BCUT2D eigenvalue weighted by Gasteiger charge is -2.20. The number of thioether (sulfide) groups is 1. The zero-order valence-corrected chi connectivity index (χ0v) is 35.5.